The minimum atomic E-state index is 0.138. The van der Waals surface area contributed by atoms with Crippen LogP contribution in [-0.4, -0.2) is 6.29 Å². The molecule has 0 saturated heterocycles. The van der Waals surface area contributed by atoms with Crippen LogP contribution in [0.2, 0.25) is 0 Å². The molecule has 0 bridgehead atoms. The highest BCUT2D eigenvalue weighted by molar-refractivity contribution is 5.53. The van der Waals surface area contributed by atoms with E-state index in [1.54, 1.807) is 0 Å². The summed E-state index contributed by atoms with van der Waals surface area (Å²) in [5.74, 6) is 1.14. The molecule has 1 aliphatic rings. The molecule has 0 radical (unpaired) electrons. The molecule has 16 heavy (non-hydrogen) atoms. The second kappa shape index (κ2) is 5.29. The number of carbonyl (C=O) groups is 1. The summed E-state index contributed by atoms with van der Waals surface area (Å²) in [5.41, 5.74) is 2.73. The average molecular weight is 216 g/mol. The molecule has 1 heteroatoms. The first-order valence-electron chi connectivity index (χ1n) is 6.31. The summed E-state index contributed by atoms with van der Waals surface area (Å²) in [6.45, 7) is 1.98. The van der Waals surface area contributed by atoms with Gasteiger partial charge in [0.2, 0.25) is 0 Å². The van der Waals surface area contributed by atoms with Crippen molar-refractivity contribution >= 4 is 6.29 Å². The van der Waals surface area contributed by atoms with Gasteiger partial charge in [0.25, 0.3) is 0 Å². The van der Waals surface area contributed by atoms with E-state index in [1.807, 2.05) is 6.92 Å². The number of benzene rings is 1. The van der Waals surface area contributed by atoms with Crippen LogP contribution in [0.5, 0.6) is 0 Å². The van der Waals surface area contributed by atoms with Crippen molar-refractivity contribution in [2.75, 3.05) is 0 Å². The minimum Gasteiger partial charge on any atom is -0.303 e. The molecule has 86 valence electrons. The number of rotatable bonds is 6. The molecule has 0 aromatic heterocycles. The molecule has 0 N–H and O–H groups in total. The second-order valence-electron chi connectivity index (χ2n) is 5.12. The zero-order valence-corrected chi connectivity index (χ0v) is 9.99. The van der Waals surface area contributed by atoms with E-state index in [-0.39, 0.29) is 5.92 Å². The molecule has 1 nitrogen and oxygen atoms in total. The third kappa shape index (κ3) is 3.48. The van der Waals surface area contributed by atoms with Gasteiger partial charge >= 0.3 is 0 Å². The molecule has 1 atom stereocenters. The van der Waals surface area contributed by atoms with Gasteiger partial charge in [0.15, 0.2) is 0 Å². The highest BCUT2D eigenvalue weighted by Crippen LogP contribution is 2.33. The van der Waals surface area contributed by atoms with E-state index >= 15 is 0 Å². The highest BCUT2D eigenvalue weighted by Gasteiger charge is 2.20. The lowest BCUT2D eigenvalue weighted by Gasteiger charge is -2.06. The van der Waals surface area contributed by atoms with Crippen molar-refractivity contribution in [3.05, 3.63) is 35.4 Å². The lowest BCUT2D eigenvalue weighted by atomic mass is 9.98. The van der Waals surface area contributed by atoms with E-state index in [1.165, 1.54) is 36.8 Å². The zero-order valence-electron chi connectivity index (χ0n) is 9.99. The van der Waals surface area contributed by atoms with Gasteiger partial charge < -0.3 is 4.79 Å². The molecule has 1 saturated carbocycles. The van der Waals surface area contributed by atoms with E-state index in [2.05, 4.69) is 24.3 Å². The smallest absolute Gasteiger partial charge is 0.123 e. The van der Waals surface area contributed by atoms with Gasteiger partial charge in [0.1, 0.15) is 6.29 Å². The lowest BCUT2D eigenvalue weighted by Crippen LogP contribution is -2.01. The second-order valence-corrected chi connectivity index (χ2v) is 5.12. The highest BCUT2D eigenvalue weighted by atomic mass is 16.1. The van der Waals surface area contributed by atoms with Gasteiger partial charge in [-0.2, -0.15) is 0 Å². The summed E-state index contributed by atoms with van der Waals surface area (Å²) in [7, 11) is 0. The first kappa shape index (κ1) is 11.4. The van der Waals surface area contributed by atoms with Gasteiger partial charge in [0, 0.05) is 5.92 Å². The van der Waals surface area contributed by atoms with Gasteiger partial charge in [-0.05, 0) is 36.3 Å². The Labute approximate surface area is 97.9 Å². The fourth-order valence-corrected chi connectivity index (χ4v) is 2.11. The number of aryl methyl sites for hydroxylation is 1. The van der Waals surface area contributed by atoms with Crippen molar-refractivity contribution in [3.8, 4) is 0 Å². The van der Waals surface area contributed by atoms with E-state index in [0.29, 0.717) is 0 Å². The third-order valence-electron chi connectivity index (χ3n) is 3.32. The Morgan fingerprint density at radius 2 is 2.12 bits per heavy atom. The van der Waals surface area contributed by atoms with Crippen molar-refractivity contribution in [2.45, 2.75) is 39.0 Å². The van der Waals surface area contributed by atoms with Crippen LogP contribution in [0.1, 0.15) is 37.3 Å². The van der Waals surface area contributed by atoms with Crippen molar-refractivity contribution in [1.29, 1.82) is 0 Å². The van der Waals surface area contributed by atoms with Crippen LogP contribution in [0.3, 0.4) is 0 Å². The Bertz CT molecular complexity index is 352. The number of hydrogen-bond acceptors (Lipinski definition) is 1. The van der Waals surface area contributed by atoms with Gasteiger partial charge in [-0.3, -0.25) is 0 Å². The molecular weight excluding hydrogens is 196 g/mol. The van der Waals surface area contributed by atoms with Crippen LogP contribution >= 0.6 is 0 Å². The number of hydrogen-bond donors (Lipinski definition) is 0. The third-order valence-corrected chi connectivity index (χ3v) is 3.32. The summed E-state index contributed by atoms with van der Waals surface area (Å²) in [4.78, 5) is 10.6. The average Bonchev–Trinajstić information content (AvgIpc) is 3.10. The Hall–Kier alpha value is -1.11. The van der Waals surface area contributed by atoms with Crippen molar-refractivity contribution < 1.29 is 4.79 Å². The van der Waals surface area contributed by atoms with E-state index in [4.69, 9.17) is 0 Å². The summed E-state index contributed by atoms with van der Waals surface area (Å²) in [6.07, 6.45) is 7.32. The van der Waals surface area contributed by atoms with Crippen molar-refractivity contribution in [3.63, 3.8) is 0 Å². The molecular formula is C15H20O. The Morgan fingerprint density at radius 1 is 1.38 bits per heavy atom. The fraction of sp³-hybridized carbons (Fsp3) is 0.533. The standard InChI is InChI=1S/C15H20O/c1-12(11-16)9-15-4-2-3-14(10-15)8-7-13-5-6-13/h2-4,10-13H,5-9H2,1H3. The SMILES string of the molecule is CC(C=O)Cc1cccc(CCC2CC2)c1. The Balaban J connectivity index is 1.91. The molecule has 1 aromatic carbocycles. The van der Waals surface area contributed by atoms with E-state index in [0.717, 1.165) is 18.6 Å². The summed E-state index contributed by atoms with van der Waals surface area (Å²) in [6, 6.07) is 8.72. The molecule has 0 heterocycles. The maximum Gasteiger partial charge on any atom is 0.123 e. The van der Waals surface area contributed by atoms with Crippen LogP contribution in [-0.2, 0) is 17.6 Å². The largest absolute Gasteiger partial charge is 0.303 e. The maximum absolute atomic E-state index is 10.6. The van der Waals surface area contributed by atoms with Crippen LogP contribution in [0.4, 0.5) is 0 Å². The van der Waals surface area contributed by atoms with Gasteiger partial charge in [-0.1, -0.05) is 44.0 Å². The fourth-order valence-electron chi connectivity index (χ4n) is 2.11. The minimum absolute atomic E-state index is 0.138. The van der Waals surface area contributed by atoms with Crippen LogP contribution in [0.25, 0.3) is 0 Å². The monoisotopic (exact) mass is 216 g/mol. The predicted molar refractivity (Wildman–Crippen MR) is 66.4 cm³/mol. The van der Waals surface area contributed by atoms with Gasteiger partial charge in [0.05, 0.1) is 0 Å². The molecule has 0 amide bonds. The van der Waals surface area contributed by atoms with Crippen LogP contribution < -0.4 is 0 Å². The van der Waals surface area contributed by atoms with Crippen molar-refractivity contribution in [2.24, 2.45) is 11.8 Å². The maximum atomic E-state index is 10.6. The summed E-state index contributed by atoms with van der Waals surface area (Å²) >= 11 is 0. The van der Waals surface area contributed by atoms with Gasteiger partial charge in [-0.15, -0.1) is 0 Å². The molecule has 1 aliphatic carbocycles. The predicted octanol–water partition coefficient (Wildman–Crippen LogP) is 3.41. The normalized spacial score (nSPS) is 17.1. The van der Waals surface area contributed by atoms with Crippen LogP contribution in [0.15, 0.2) is 24.3 Å². The summed E-state index contributed by atoms with van der Waals surface area (Å²) < 4.78 is 0. The molecule has 1 fully saturated rings. The Morgan fingerprint density at radius 3 is 2.81 bits per heavy atom. The van der Waals surface area contributed by atoms with Crippen LogP contribution in [0, 0.1) is 11.8 Å². The molecule has 2 rings (SSSR count). The van der Waals surface area contributed by atoms with Crippen molar-refractivity contribution in [1.82, 2.24) is 0 Å². The van der Waals surface area contributed by atoms with E-state index in [9.17, 15) is 4.79 Å². The summed E-state index contributed by atoms with van der Waals surface area (Å²) in [5, 5.41) is 0. The quantitative estimate of drug-likeness (QED) is 0.666. The van der Waals surface area contributed by atoms with Gasteiger partial charge in [-0.25, -0.2) is 0 Å². The molecule has 1 unspecified atom stereocenters. The number of carbonyl (C=O) groups excluding carboxylic acids is 1. The molecule has 0 aliphatic heterocycles. The zero-order chi connectivity index (χ0) is 11.4. The lowest BCUT2D eigenvalue weighted by molar-refractivity contribution is -0.110. The number of aldehydes is 1. The molecule has 0 spiro atoms. The first-order valence-corrected chi connectivity index (χ1v) is 6.31. The first-order chi connectivity index (χ1) is 7.78. The Kier molecular flexibility index (Phi) is 3.76. The molecule has 1 aromatic rings. The van der Waals surface area contributed by atoms with E-state index < -0.39 is 0 Å². The topological polar surface area (TPSA) is 17.1 Å².